The lowest BCUT2D eigenvalue weighted by Gasteiger charge is -2.18. The molecule has 0 amide bonds. The van der Waals surface area contributed by atoms with Crippen molar-refractivity contribution in [1.82, 2.24) is 0 Å². The van der Waals surface area contributed by atoms with Gasteiger partial charge >= 0.3 is 47.8 Å². The maximum atomic E-state index is 13.0. The zero-order valence-electron chi connectivity index (χ0n) is 25.0. The summed E-state index contributed by atoms with van der Waals surface area (Å²) in [4.78, 5) is 95.7. The van der Waals surface area contributed by atoms with E-state index in [0.717, 1.165) is 42.5 Å². The number of esters is 5. The van der Waals surface area contributed by atoms with Crippen LogP contribution >= 0.6 is 0 Å². The first-order valence-electron chi connectivity index (χ1n) is 13.4. The number of rotatable bonds is 17. The molecule has 0 aliphatic rings. The third kappa shape index (κ3) is 10.9. The van der Waals surface area contributed by atoms with Gasteiger partial charge in [0.15, 0.2) is 6.10 Å². The summed E-state index contributed by atoms with van der Waals surface area (Å²) < 4.78 is 24.7. The Labute approximate surface area is 270 Å². The Morgan fingerprint density at radius 3 is 1.62 bits per heavy atom. The molecule has 2 atom stereocenters. The lowest BCUT2D eigenvalue weighted by atomic mass is 10.0. The molecule has 17 nitrogen and oxygen atoms in total. The van der Waals surface area contributed by atoms with Gasteiger partial charge in [-0.25, -0.2) is 38.4 Å². The van der Waals surface area contributed by atoms with E-state index in [-0.39, 0.29) is 16.7 Å². The number of carbonyl (C=O) groups is 8. The van der Waals surface area contributed by atoms with Gasteiger partial charge < -0.3 is 44.1 Å². The van der Waals surface area contributed by atoms with E-state index in [0.29, 0.717) is 0 Å². The first-order valence-corrected chi connectivity index (χ1v) is 13.4. The van der Waals surface area contributed by atoms with Crippen molar-refractivity contribution in [2.45, 2.75) is 19.1 Å². The second-order valence-corrected chi connectivity index (χ2v) is 9.53. The second kappa shape index (κ2) is 17.4. The van der Waals surface area contributed by atoms with Crippen molar-refractivity contribution >= 4 is 47.8 Å². The molecule has 4 N–H and O–H groups in total. The zero-order chi connectivity index (χ0) is 36.1. The molecule has 254 valence electrons. The van der Waals surface area contributed by atoms with Gasteiger partial charge in [-0.15, -0.1) is 0 Å². The van der Waals surface area contributed by atoms with E-state index in [1.165, 1.54) is 6.92 Å². The Hall–Kier alpha value is -6.36. The average Bonchev–Trinajstić information content (AvgIpc) is 3.05. The van der Waals surface area contributed by atoms with E-state index in [2.05, 4.69) is 13.2 Å². The first kappa shape index (κ1) is 37.8. The fourth-order valence-electron chi connectivity index (χ4n) is 3.48. The van der Waals surface area contributed by atoms with Crippen molar-refractivity contribution in [2.24, 2.45) is 0 Å². The van der Waals surface area contributed by atoms with Gasteiger partial charge in [0.25, 0.3) is 0 Å². The minimum Gasteiger partial charge on any atom is -0.478 e. The molecule has 0 heterocycles. The summed E-state index contributed by atoms with van der Waals surface area (Å²) in [5, 5.41) is 38.0. The quantitative estimate of drug-likeness (QED) is 0.105. The lowest BCUT2D eigenvalue weighted by Crippen LogP contribution is -2.31. The van der Waals surface area contributed by atoms with Crippen molar-refractivity contribution in [3.63, 3.8) is 0 Å². The summed E-state index contributed by atoms with van der Waals surface area (Å²) in [5.41, 5.74) is -3.30. The molecule has 0 radical (unpaired) electrons. The molecule has 2 rings (SSSR count). The third-order valence-electron chi connectivity index (χ3n) is 5.84. The third-order valence-corrected chi connectivity index (χ3v) is 5.84. The number of aliphatic hydroxyl groups is 1. The molecule has 0 aromatic heterocycles. The molecule has 0 bridgehead atoms. The molecular weight excluding hydrogens is 644 g/mol. The van der Waals surface area contributed by atoms with E-state index in [9.17, 15) is 53.7 Å². The van der Waals surface area contributed by atoms with E-state index in [1.54, 1.807) is 0 Å². The molecule has 2 aromatic rings. The maximum absolute atomic E-state index is 13.0. The summed E-state index contributed by atoms with van der Waals surface area (Å²) in [6.45, 7) is 5.26. The Balaban J connectivity index is 2.20. The number of aliphatic hydroxyl groups excluding tert-OH is 1. The Morgan fingerprint density at radius 1 is 0.667 bits per heavy atom. The highest BCUT2D eigenvalue weighted by molar-refractivity contribution is 6.05. The SMILES string of the molecule is C=CC(=O)OCC(COC(=O)c1ccc(C(=O)O)c(C(=O)O)c1)OC(=O)c1ccc(C(=O)OCC(O)COC(=O)C(=C)C)cc1C(=O)O. The van der Waals surface area contributed by atoms with Gasteiger partial charge in [0.05, 0.1) is 33.4 Å². The smallest absolute Gasteiger partial charge is 0.339 e. The minimum atomic E-state index is -1.68. The second-order valence-electron chi connectivity index (χ2n) is 9.53. The summed E-state index contributed by atoms with van der Waals surface area (Å²) in [7, 11) is 0. The summed E-state index contributed by atoms with van der Waals surface area (Å²) in [6.07, 6.45) is -2.21. The first-order chi connectivity index (χ1) is 22.5. The van der Waals surface area contributed by atoms with Crippen LogP contribution in [0.3, 0.4) is 0 Å². The molecule has 0 aliphatic carbocycles. The molecule has 0 saturated carbocycles. The highest BCUT2D eigenvalue weighted by Crippen LogP contribution is 2.18. The van der Waals surface area contributed by atoms with Crippen LogP contribution in [0.5, 0.6) is 0 Å². The lowest BCUT2D eigenvalue weighted by molar-refractivity contribution is -0.143. The molecule has 0 saturated heterocycles. The Morgan fingerprint density at radius 2 is 1.12 bits per heavy atom. The van der Waals surface area contributed by atoms with E-state index >= 15 is 0 Å². The fraction of sp³-hybridized carbons (Fsp3) is 0.226. The molecule has 48 heavy (non-hydrogen) atoms. The molecule has 2 aromatic carbocycles. The number of benzene rings is 2. The summed E-state index contributed by atoms with van der Waals surface area (Å²) in [6, 6.07) is 5.28. The number of ether oxygens (including phenoxy) is 5. The average molecular weight is 673 g/mol. The number of carbonyl (C=O) groups excluding carboxylic acids is 5. The van der Waals surface area contributed by atoms with Gasteiger partial charge in [-0.2, -0.15) is 0 Å². The van der Waals surface area contributed by atoms with Crippen molar-refractivity contribution in [3.8, 4) is 0 Å². The largest absolute Gasteiger partial charge is 0.478 e. The highest BCUT2D eigenvalue weighted by Gasteiger charge is 2.26. The van der Waals surface area contributed by atoms with Crippen LogP contribution in [0.1, 0.15) is 69.1 Å². The fourth-order valence-corrected chi connectivity index (χ4v) is 3.48. The predicted molar refractivity (Wildman–Crippen MR) is 156 cm³/mol. The van der Waals surface area contributed by atoms with Crippen molar-refractivity contribution in [3.05, 3.63) is 94.6 Å². The molecular formula is C31H28O17. The maximum Gasteiger partial charge on any atom is 0.339 e. The van der Waals surface area contributed by atoms with Crippen LogP contribution in [0.2, 0.25) is 0 Å². The van der Waals surface area contributed by atoms with Gasteiger partial charge in [-0.1, -0.05) is 13.2 Å². The number of hydrogen-bond donors (Lipinski definition) is 4. The monoisotopic (exact) mass is 672 g/mol. The summed E-state index contributed by atoms with van der Waals surface area (Å²) in [5.74, 6) is -10.2. The van der Waals surface area contributed by atoms with Crippen LogP contribution in [0.25, 0.3) is 0 Å². The molecule has 0 fully saturated rings. The van der Waals surface area contributed by atoms with Gasteiger partial charge in [0, 0.05) is 11.6 Å². The van der Waals surface area contributed by atoms with Crippen molar-refractivity contribution < 1.29 is 82.5 Å². The normalized spacial score (nSPS) is 11.5. The number of hydrogen-bond acceptors (Lipinski definition) is 14. The van der Waals surface area contributed by atoms with Crippen LogP contribution in [0.15, 0.2) is 61.2 Å². The van der Waals surface area contributed by atoms with Crippen molar-refractivity contribution in [2.75, 3.05) is 26.4 Å². The van der Waals surface area contributed by atoms with Crippen LogP contribution in [0, 0.1) is 0 Å². The van der Waals surface area contributed by atoms with Gasteiger partial charge in [-0.05, 0) is 43.3 Å². The minimum absolute atomic E-state index is 0.0741. The van der Waals surface area contributed by atoms with E-state index < -0.39 is 109 Å². The van der Waals surface area contributed by atoms with E-state index in [1.807, 2.05) is 0 Å². The zero-order valence-corrected chi connectivity index (χ0v) is 25.0. The van der Waals surface area contributed by atoms with Crippen LogP contribution in [-0.2, 0) is 33.3 Å². The number of aromatic carboxylic acids is 3. The number of carboxylic acid groups (broad SMARTS) is 3. The van der Waals surface area contributed by atoms with Gasteiger partial charge in [-0.3, -0.25) is 0 Å². The Bertz CT molecular complexity index is 1650. The Kier molecular flexibility index (Phi) is 13.7. The van der Waals surface area contributed by atoms with Crippen LogP contribution < -0.4 is 0 Å². The van der Waals surface area contributed by atoms with Crippen LogP contribution in [-0.4, -0.2) is 107 Å². The standard InChI is InChI=1S/C31H28O17/c1-4-24(33)44-13-19(14-47-30(42)16-5-7-20(25(34)35)22(9-16)26(36)37)48-31(43)21-8-6-17(10-23(21)27(38)39)29(41)46-12-18(32)11-45-28(40)15(2)3/h4-10,18-19,32H,1-2,11-14H2,3H3,(H,34,35)(H,36,37)(H,38,39). The number of carboxylic acids is 3. The summed E-state index contributed by atoms with van der Waals surface area (Å²) >= 11 is 0. The van der Waals surface area contributed by atoms with Gasteiger partial charge in [0.1, 0.15) is 32.5 Å². The van der Waals surface area contributed by atoms with Gasteiger partial charge in [0.2, 0.25) is 0 Å². The predicted octanol–water partition coefficient (Wildman–Crippen LogP) is 1.53. The van der Waals surface area contributed by atoms with E-state index in [4.69, 9.17) is 28.8 Å². The van der Waals surface area contributed by atoms with Crippen molar-refractivity contribution in [1.29, 1.82) is 0 Å². The topological polar surface area (TPSA) is 264 Å². The van der Waals surface area contributed by atoms with Crippen LogP contribution in [0.4, 0.5) is 0 Å². The molecule has 17 heteroatoms. The molecule has 2 unspecified atom stereocenters. The molecule has 0 aliphatic heterocycles. The highest BCUT2D eigenvalue weighted by atomic mass is 16.6. The molecule has 0 spiro atoms.